The van der Waals surface area contributed by atoms with Gasteiger partial charge in [-0.3, -0.25) is 0 Å². The van der Waals surface area contributed by atoms with Crippen LogP contribution in [0.3, 0.4) is 0 Å². The van der Waals surface area contributed by atoms with Crippen molar-refractivity contribution in [2.75, 3.05) is 6.54 Å². The first-order valence-electron chi connectivity index (χ1n) is 6.20. The molecule has 2 atom stereocenters. The van der Waals surface area contributed by atoms with E-state index in [9.17, 15) is 4.39 Å². The van der Waals surface area contributed by atoms with Crippen molar-refractivity contribution in [2.45, 2.75) is 46.3 Å². The van der Waals surface area contributed by atoms with Gasteiger partial charge < -0.3 is 10.1 Å². The SMILES string of the molecule is CCCNC(C)C(C)Oc1ccc(C)c(F)c1. The predicted molar refractivity (Wildman–Crippen MR) is 69.0 cm³/mol. The Morgan fingerprint density at radius 3 is 2.65 bits per heavy atom. The Morgan fingerprint density at radius 2 is 2.06 bits per heavy atom. The summed E-state index contributed by atoms with van der Waals surface area (Å²) in [6, 6.07) is 5.24. The van der Waals surface area contributed by atoms with Crippen molar-refractivity contribution in [1.29, 1.82) is 0 Å². The molecule has 2 nitrogen and oxygen atoms in total. The minimum Gasteiger partial charge on any atom is -0.489 e. The average Bonchev–Trinajstić information content (AvgIpc) is 2.30. The van der Waals surface area contributed by atoms with Crippen molar-refractivity contribution in [3.8, 4) is 5.75 Å². The van der Waals surface area contributed by atoms with E-state index in [1.165, 1.54) is 6.07 Å². The van der Waals surface area contributed by atoms with E-state index in [0.717, 1.165) is 13.0 Å². The highest BCUT2D eigenvalue weighted by atomic mass is 19.1. The lowest BCUT2D eigenvalue weighted by Gasteiger charge is -2.22. The summed E-state index contributed by atoms with van der Waals surface area (Å²) in [5.74, 6) is 0.370. The number of nitrogens with one attached hydrogen (secondary N) is 1. The first-order chi connectivity index (χ1) is 8.04. The van der Waals surface area contributed by atoms with Crippen LogP contribution < -0.4 is 10.1 Å². The predicted octanol–water partition coefficient (Wildman–Crippen LogP) is 3.29. The Balaban J connectivity index is 2.55. The van der Waals surface area contributed by atoms with E-state index < -0.39 is 0 Å². The van der Waals surface area contributed by atoms with Gasteiger partial charge in [0.1, 0.15) is 17.7 Å². The van der Waals surface area contributed by atoms with E-state index in [0.29, 0.717) is 11.3 Å². The molecule has 1 rings (SSSR count). The van der Waals surface area contributed by atoms with E-state index in [-0.39, 0.29) is 18.0 Å². The Morgan fingerprint density at radius 1 is 1.35 bits per heavy atom. The highest BCUT2D eigenvalue weighted by Gasteiger charge is 2.13. The van der Waals surface area contributed by atoms with Crippen molar-refractivity contribution in [1.82, 2.24) is 5.32 Å². The molecule has 0 spiro atoms. The highest BCUT2D eigenvalue weighted by molar-refractivity contribution is 5.28. The van der Waals surface area contributed by atoms with Gasteiger partial charge >= 0.3 is 0 Å². The second kappa shape index (κ2) is 6.60. The largest absolute Gasteiger partial charge is 0.489 e. The van der Waals surface area contributed by atoms with E-state index in [1.807, 2.05) is 6.92 Å². The molecule has 0 saturated heterocycles. The molecule has 0 aliphatic heterocycles. The van der Waals surface area contributed by atoms with Gasteiger partial charge in [-0.1, -0.05) is 13.0 Å². The molecule has 2 unspecified atom stereocenters. The van der Waals surface area contributed by atoms with Gasteiger partial charge in [-0.05, 0) is 45.4 Å². The molecule has 96 valence electrons. The molecule has 3 heteroatoms. The summed E-state index contributed by atoms with van der Waals surface area (Å²) < 4.78 is 19.0. The summed E-state index contributed by atoms with van der Waals surface area (Å²) in [5.41, 5.74) is 0.641. The quantitative estimate of drug-likeness (QED) is 0.822. The van der Waals surface area contributed by atoms with Gasteiger partial charge in [0.25, 0.3) is 0 Å². The molecule has 0 aliphatic carbocycles. The first kappa shape index (κ1) is 14.0. The van der Waals surface area contributed by atoms with E-state index >= 15 is 0 Å². The van der Waals surface area contributed by atoms with Gasteiger partial charge in [-0.2, -0.15) is 0 Å². The Kier molecular flexibility index (Phi) is 5.42. The van der Waals surface area contributed by atoms with Crippen LogP contribution in [-0.4, -0.2) is 18.7 Å². The van der Waals surface area contributed by atoms with Crippen LogP contribution in [0.25, 0.3) is 0 Å². The lowest BCUT2D eigenvalue weighted by molar-refractivity contribution is 0.177. The lowest BCUT2D eigenvalue weighted by atomic mass is 10.2. The monoisotopic (exact) mass is 239 g/mol. The van der Waals surface area contributed by atoms with Crippen molar-refractivity contribution >= 4 is 0 Å². The number of ether oxygens (including phenoxy) is 1. The van der Waals surface area contributed by atoms with Crippen LogP contribution in [0.1, 0.15) is 32.8 Å². The molecule has 0 aliphatic rings. The minimum atomic E-state index is -0.219. The lowest BCUT2D eigenvalue weighted by Crippen LogP contribution is -2.39. The van der Waals surface area contributed by atoms with Crippen LogP contribution in [0.4, 0.5) is 4.39 Å². The van der Waals surface area contributed by atoms with Crippen LogP contribution in [0.2, 0.25) is 0 Å². The molecule has 1 aromatic carbocycles. The van der Waals surface area contributed by atoms with Crippen LogP contribution in [0.5, 0.6) is 5.75 Å². The second-order valence-electron chi connectivity index (χ2n) is 4.48. The standard InChI is InChI=1S/C14H22FNO/c1-5-8-16-11(3)12(4)17-13-7-6-10(2)14(15)9-13/h6-7,9,11-12,16H,5,8H2,1-4H3. The van der Waals surface area contributed by atoms with E-state index in [2.05, 4.69) is 19.2 Å². The van der Waals surface area contributed by atoms with Crippen LogP contribution >= 0.6 is 0 Å². The third kappa shape index (κ3) is 4.35. The molecule has 0 radical (unpaired) electrons. The molecule has 1 N–H and O–H groups in total. The van der Waals surface area contributed by atoms with Gasteiger partial charge in [0.2, 0.25) is 0 Å². The minimum absolute atomic E-state index is 0.0173. The van der Waals surface area contributed by atoms with Gasteiger partial charge in [-0.25, -0.2) is 4.39 Å². The molecular weight excluding hydrogens is 217 g/mol. The van der Waals surface area contributed by atoms with E-state index in [1.54, 1.807) is 19.1 Å². The molecule has 0 aromatic heterocycles. The molecule has 17 heavy (non-hydrogen) atoms. The normalized spacial score (nSPS) is 14.4. The highest BCUT2D eigenvalue weighted by Crippen LogP contribution is 2.17. The fourth-order valence-corrected chi connectivity index (χ4v) is 1.50. The number of halogens is 1. The zero-order valence-electron chi connectivity index (χ0n) is 11.1. The molecule has 0 fully saturated rings. The summed E-state index contributed by atoms with van der Waals surface area (Å²) in [7, 11) is 0. The molecule has 0 saturated carbocycles. The number of benzene rings is 1. The van der Waals surface area contributed by atoms with E-state index in [4.69, 9.17) is 4.74 Å². The van der Waals surface area contributed by atoms with Crippen molar-refractivity contribution in [2.24, 2.45) is 0 Å². The fourth-order valence-electron chi connectivity index (χ4n) is 1.50. The summed E-state index contributed by atoms with van der Waals surface area (Å²) in [5, 5.41) is 3.36. The number of hydrogen-bond acceptors (Lipinski definition) is 2. The molecule has 0 heterocycles. The number of hydrogen-bond donors (Lipinski definition) is 1. The summed E-state index contributed by atoms with van der Waals surface area (Å²) in [6.45, 7) is 8.90. The average molecular weight is 239 g/mol. The van der Waals surface area contributed by atoms with Crippen molar-refractivity contribution < 1.29 is 9.13 Å². The second-order valence-corrected chi connectivity index (χ2v) is 4.48. The maximum absolute atomic E-state index is 13.3. The third-order valence-corrected chi connectivity index (χ3v) is 2.89. The Labute approximate surface area is 103 Å². The Bertz CT molecular complexity index is 354. The molecule has 0 bridgehead atoms. The molecular formula is C14H22FNO. The smallest absolute Gasteiger partial charge is 0.129 e. The molecule has 0 amide bonds. The van der Waals surface area contributed by atoms with Gasteiger partial charge in [0, 0.05) is 12.1 Å². The van der Waals surface area contributed by atoms with Gasteiger partial charge in [-0.15, -0.1) is 0 Å². The topological polar surface area (TPSA) is 21.3 Å². The van der Waals surface area contributed by atoms with Crippen LogP contribution in [-0.2, 0) is 0 Å². The maximum atomic E-state index is 13.3. The van der Waals surface area contributed by atoms with Crippen molar-refractivity contribution in [3.05, 3.63) is 29.6 Å². The van der Waals surface area contributed by atoms with Gasteiger partial charge in [0.05, 0.1) is 0 Å². The van der Waals surface area contributed by atoms with Crippen LogP contribution in [0.15, 0.2) is 18.2 Å². The van der Waals surface area contributed by atoms with Crippen LogP contribution in [0, 0.1) is 12.7 Å². The third-order valence-electron chi connectivity index (χ3n) is 2.89. The fraction of sp³-hybridized carbons (Fsp3) is 0.571. The Hall–Kier alpha value is -1.09. The summed E-state index contributed by atoms with van der Waals surface area (Å²) in [6.07, 6.45) is 1.11. The summed E-state index contributed by atoms with van der Waals surface area (Å²) >= 11 is 0. The number of rotatable bonds is 6. The number of aryl methyl sites for hydroxylation is 1. The zero-order valence-corrected chi connectivity index (χ0v) is 11.1. The first-order valence-corrected chi connectivity index (χ1v) is 6.20. The zero-order chi connectivity index (χ0) is 12.8. The van der Waals surface area contributed by atoms with Crippen molar-refractivity contribution in [3.63, 3.8) is 0 Å². The summed E-state index contributed by atoms with van der Waals surface area (Å²) in [4.78, 5) is 0. The molecule has 1 aromatic rings. The van der Waals surface area contributed by atoms with Gasteiger partial charge in [0.15, 0.2) is 0 Å². The maximum Gasteiger partial charge on any atom is 0.129 e.